The fraction of sp³-hybridized carbons (Fsp3) is 0.480. The average Bonchev–Trinajstić information content (AvgIpc) is 2.82. The Bertz CT molecular complexity index is 1000. The second-order valence-corrected chi connectivity index (χ2v) is 9.61. The summed E-state index contributed by atoms with van der Waals surface area (Å²) in [5, 5.41) is 48.5. The zero-order chi connectivity index (χ0) is 27.0. The van der Waals surface area contributed by atoms with Crippen molar-refractivity contribution in [3.8, 4) is 0 Å². The molecule has 2 rings (SSSR count). The molecule has 2 aromatic rings. The summed E-state index contributed by atoms with van der Waals surface area (Å²) in [5.41, 5.74) is -0.339. The van der Waals surface area contributed by atoms with E-state index in [9.17, 15) is 35.2 Å². The average molecular weight is 503 g/mol. The summed E-state index contributed by atoms with van der Waals surface area (Å²) in [6.07, 6.45) is 1.18. The number of carbonyl (C=O) groups excluding carboxylic acids is 1. The first kappa shape index (κ1) is 28.7. The highest BCUT2D eigenvalue weighted by Gasteiger charge is 2.24. The van der Waals surface area contributed by atoms with Crippen molar-refractivity contribution in [3.05, 3.63) is 67.8 Å². The van der Waals surface area contributed by atoms with Gasteiger partial charge in [0.25, 0.3) is 11.4 Å². The van der Waals surface area contributed by atoms with Gasteiger partial charge in [-0.25, -0.2) is 0 Å². The van der Waals surface area contributed by atoms with Gasteiger partial charge in [0.2, 0.25) is 0 Å². The molecular weight excluding hydrogens is 468 g/mol. The number of nitro benzene ring substituents is 2. The van der Waals surface area contributed by atoms with E-state index in [-0.39, 0.29) is 58.9 Å². The fourth-order valence-corrected chi connectivity index (χ4v) is 3.99. The maximum absolute atomic E-state index is 13.1. The molecule has 196 valence electrons. The molecule has 0 amide bonds. The minimum atomic E-state index is -0.623. The molecule has 0 fully saturated rings. The van der Waals surface area contributed by atoms with Gasteiger partial charge in [-0.15, -0.1) is 0 Å². The molecule has 0 aliphatic carbocycles. The molecule has 2 aromatic carbocycles. The number of rotatable bonds is 14. The number of aliphatic hydroxyl groups is 2. The van der Waals surface area contributed by atoms with Crippen molar-refractivity contribution >= 4 is 28.5 Å². The topological polar surface area (TPSA) is 168 Å². The zero-order valence-corrected chi connectivity index (χ0v) is 20.9. The number of ketones is 1. The van der Waals surface area contributed by atoms with Crippen LogP contribution in [0.3, 0.4) is 0 Å². The third kappa shape index (κ3) is 7.72. The van der Waals surface area contributed by atoms with Gasteiger partial charge in [-0.1, -0.05) is 27.7 Å². The number of anilines is 2. The summed E-state index contributed by atoms with van der Waals surface area (Å²) < 4.78 is 0. The number of aliphatic hydroxyl groups excluding tert-OH is 2. The van der Waals surface area contributed by atoms with Crippen LogP contribution in [0.1, 0.15) is 56.5 Å². The summed E-state index contributed by atoms with van der Waals surface area (Å²) in [5.74, 6) is -0.109. The molecule has 2 atom stereocenters. The van der Waals surface area contributed by atoms with Crippen molar-refractivity contribution in [2.24, 2.45) is 11.8 Å². The number of nitrogens with zero attached hydrogens (tertiary/aromatic N) is 2. The largest absolute Gasteiger partial charge is 0.394 e. The first-order valence-corrected chi connectivity index (χ1v) is 11.8. The maximum atomic E-state index is 13.1. The van der Waals surface area contributed by atoms with Gasteiger partial charge in [-0.2, -0.15) is 0 Å². The molecule has 0 aliphatic rings. The van der Waals surface area contributed by atoms with Crippen LogP contribution in [0.15, 0.2) is 36.4 Å². The second-order valence-electron chi connectivity index (χ2n) is 9.61. The van der Waals surface area contributed by atoms with E-state index >= 15 is 0 Å². The Labute approximate surface area is 209 Å². The summed E-state index contributed by atoms with van der Waals surface area (Å²) in [6.45, 7) is 7.44. The Kier molecular flexibility index (Phi) is 10.3. The van der Waals surface area contributed by atoms with Crippen molar-refractivity contribution in [3.63, 3.8) is 0 Å². The van der Waals surface area contributed by atoms with Crippen LogP contribution in [-0.4, -0.2) is 51.1 Å². The molecule has 2 unspecified atom stereocenters. The predicted octanol–water partition coefficient (Wildman–Crippen LogP) is 4.37. The summed E-state index contributed by atoms with van der Waals surface area (Å²) >= 11 is 0. The number of benzene rings is 2. The minimum absolute atomic E-state index is 0.000271. The Hall–Kier alpha value is -3.57. The van der Waals surface area contributed by atoms with E-state index in [0.29, 0.717) is 12.8 Å². The number of hydrogen-bond donors (Lipinski definition) is 4. The number of nitro groups is 2. The van der Waals surface area contributed by atoms with E-state index in [1.165, 1.54) is 24.3 Å². The van der Waals surface area contributed by atoms with Crippen LogP contribution in [0.5, 0.6) is 0 Å². The van der Waals surface area contributed by atoms with Gasteiger partial charge < -0.3 is 20.8 Å². The zero-order valence-electron chi connectivity index (χ0n) is 20.9. The van der Waals surface area contributed by atoms with E-state index in [1.54, 1.807) is 0 Å². The highest BCUT2D eigenvalue weighted by molar-refractivity contribution is 6.10. The van der Waals surface area contributed by atoms with Crippen molar-refractivity contribution in [2.45, 2.75) is 52.6 Å². The first-order chi connectivity index (χ1) is 17.0. The normalized spacial score (nSPS) is 12.9. The lowest BCUT2D eigenvalue weighted by atomic mass is 9.99. The Morgan fingerprint density at radius 1 is 0.778 bits per heavy atom. The van der Waals surface area contributed by atoms with Crippen molar-refractivity contribution < 1.29 is 24.9 Å². The Morgan fingerprint density at radius 3 is 1.42 bits per heavy atom. The molecule has 0 radical (unpaired) electrons. The molecule has 36 heavy (non-hydrogen) atoms. The van der Waals surface area contributed by atoms with Crippen molar-refractivity contribution in [1.29, 1.82) is 0 Å². The van der Waals surface area contributed by atoms with Crippen LogP contribution < -0.4 is 10.6 Å². The Balaban J connectivity index is 2.38. The summed E-state index contributed by atoms with van der Waals surface area (Å²) in [6, 6.07) is 7.06. The van der Waals surface area contributed by atoms with Gasteiger partial charge in [-0.05, 0) is 48.9 Å². The molecular formula is C25H34N4O7. The Morgan fingerprint density at radius 2 is 1.14 bits per heavy atom. The van der Waals surface area contributed by atoms with Gasteiger partial charge in [0.05, 0.1) is 23.1 Å². The third-order valence-corrected chi connectivity index (χ3v) is 5.59. The van der Waals surface area contributed by atoms with E-state index in [2.05, 4.69) is 10.6 Å². The lowest BCUT2D eigenvalue weighted by Gasteiger charge is -2.20. The maximum Gasteiger partial charge on any atom is 0.293 e. The molecule has 0 heterocycles. The fourth-order valence-electron chi connectivity index (χ4n) is 3.99. The van der Waals surface area contributed by atoms with E-state index < -0.39 is 27.7 Å². The van der Waals surface area contributed by atoms with Crippen LogP contribution in [0, 0.1) is 32.1 Å². The van der Waals surface area contributed by atoms with E-state index in [1.807, 2.05) is 27.7 Å². The van der Waals surface area contributed by atoms with Crippen LogP contribution >= 0.6 is 0 Å². The van der Waals surface area contributed by atoms with E-state index in [0.717, 1.165) is 12.1 Å². The van der Waals surface area contributed by atoms with E-state index in [4.69, 9.17) is 0 Å². The predicted molar refractivity (Wildman–Crippen MR) is 138 cm³/mol. The lowest BCUT2D eigenvalue weighted by molar-refractivity contribution is -0.384. The number of hydrogen-bond acceptors (Lipinski definition) is 9. The smallest absolute Gasteiger partial charge is 0.293 e. The van der Waals surface area contributed by atoms with Crippen LogP contribution in [-0.2, 0) is 0 Å². The summed E-state index contributed by atoms with van der Waals surface area (Å²) in [4.78, 5) is 35.2. The molecule has 0 bridgehead atoms. The van der Waals surface area contributed by atoms with Gasteiger partial charge in [0.1, 0.15) is 11.4 Å². The lowest BCUT2D eigenvalue weighted by Crippen LogP contribution is -2.26. The molecule has 0 saturated carbocycles. The standard InChI is InChI=1S/C25H34N4O7/c1-15(2)9-19(13-30)26-21-7-5-17(11-23(21)28(33)34)25(32)18-6-8-22(24(12-18)29(35)36)27-20(14-31)10-16(3)4/h5-8,11-12,15-16,19-20,26-27,30-31H,9-10,13-14H2,1-4H3. The van der Waals surface area contributed by atoms with Gasteiger partial charge >= 0.3 is 0 Å². The second kappa shape index (κ2) is 12.9. The highest BCUT2D eigenvalue weighted by atomic mass is 16.6. The molecule has 0 saturated heterocycles. The SMILES string of the molecule is CC(C)CC(CO)Nc1ccc(C(=O)c2ccc(NC(CO)CC(C)C)c([N+](=O)[O-])c2)cc1[N+](=O)[O-]. The number of nitrogens with one attached hydrogen (secondary N) is 2. The molecule has 0 aliphatic heterocycles. The van der Waals surface area contributed by atoms with Crippen LogP contribution in [0.2, 0.25) is 0 Å². The number of carbonyl (C=O) groups is 1. The minimum Gasteiger partial charge on any atom is -0.394 e. The molecule has 11 nitrogen and oxygen atoms in total. The third-order valence-electron chi connectivity index (χ3n) is 5.59. The van der Waals surface area contributed by atoms with Crippen LogP contribution in [0.4, 0.5) is 22.7 Å². The van der Waals surface area contributed by atoms with Gasteiger partial charge in [-0.3, -0.25) is 25.0 Å². The van der Waals surface area contributed by atoms with Gasteiger partial charge in [0.15, 0.2) is 5.78 Å². The van der Waals surface area contributed by atoms with Crippen molar-refractivity contribution in [2.75, 3.05) is 23.8 Å². The molecule has 4 N–H and O–H groups in total. The van der Waals surface area contributed by atoms with Gasteiger partial charge in [0, 0.05) is 35.3 Å². The molecule has 0 spiro atoms. The van der Waals surface area contributed by atoms with Crippen molar-refractivity contribution in [1.82, 2.24) is 0 Å². The monoisotopic (exact) mass is 502 g/mol. The quantitative estimate of drug-likeness (QED) is 0.166. The molecule has 0 aromatic heterocycles. The first-order valence-electron chi connectivity index (χ1n) is 11.8. The highest BCUT2D eigenvalue weighted by Crippen LogP contribution is 2.31. The molecule has 11 heteroatoms. The van der Waals surface area contributed by atoms with Crippen LogP contribution in [0.25, 0.3) is 0 Å². The summed E-state index contributed by atoms with van der Waals surface area (Å²) in [7, 11) is 0.